The van der Waals surface area contributed by atoms with E-state index in [9.17, 15) is 14.7 Å². The first-order valence-electron chi connectivity index (χ1n) is 12.7. The van der Waals surface area contributed by atoms with E-state index in [0.29, 0.717) is 12.3 Å². The Kier molecular flexibility index (Phi) is 7.54. The average molecular weight is 509 g/mol. The first-order chi connectivity index (χ1) is 17.5. The number of aliphatic hydroxyl groups is 1. The number of aryl methyl sites for hydroxylation is 1. The number of aromatic nitrogens is 2. The summed E-state index contributed by atoms with van der Waals surface area (Å²) >= 11 is 0. The quantitative estimate of drug-likeness (QED) is 0.495. The summed E-state index contributed by atoms with van der Waals surface area (Å²) in [7, 11) is 0. The van der Waals surface area contributed by atoms with Crippen molar-refractivity contribution in [3.63, 3.8) is 0 Å². The van der Waals surface area contributed by atoms with Crippen LogP contribution in [0.5, 0.6) is 0 Å². The predicted molar refractivity (Wildman–Crippen MR) is 137 cm³/mol. The number of benzene rings is 1. The average Bonchev–Trinajstić information content (AvgIpc) is 3.57. The Morgan fingerprint density at radius 3 is 2.46 bits per heavy atom. The molecule has 1 aliphatic heterocycles. The minimum Gasteiger partial charge on any atom is -0.391 e. The van der Waals surface area contributed by atoms with Crippen molar-refractivity contribution in [3.05, 3.63) is 59.3 Å². The number of nitrogens with zero attached hydrogens (tertiary/aromatic N) is 3. The summed E-state index contributed by atoms with van der Waals surface area (Å²) in [4.78, 5) is 28.3. The molecule has 1 aromatic carbocycles. The lowest BCUT2D eigenvalue weighted by Gasteiger charge is -2.28. The van der Waals surface area contributed by atoms with Gasteiger partial charge in [-0.3, -0.25) is 9.59 Å². The number of carbonyl (C=O) groups is 2. The van der Waals surface area contributed by atoms with Gasteiger partial charge in [0.05, 0.1) is 17.5 Å². The number of hydrogen-bond acceptors (Lipinski definition) is 7. The van der Waals surface area contributed by atoms with Crippen LogP contribution in [0.3, 0.4) is 0 Å². The van der Waals surface area contributed by atoms with E-state index in [4.69, 9.17) is 9.05 Å². The molecule has 2 aromatic heterocycles. The molecule has 0 aliphatic carbocycles. The first-order valence-corrected chi connectivity index (χ1v) is 12.7. The number of nitrogens with one attached hydrogen (secondary N) is 1. The molecule has 3 heterocycles. The Labute approximate surface area is 217 Å². The van der Waals surface area contributed by atoms with Crippen LogP contribution >= 0.6 is 0 Å². The number of hydrogen-bond donors (Lipinski definition) is 2. The third kappa shape index (κ3) is 5.77. The maximum atomic E-state index is 13.7. The van der Waals surface area contributed by atoms with E-state index in [2.05, 4.69) is 15.6 Å². The summed E-state index contributed by atoms with van der Waals surface area (Å²) < 4.78 is 10.6. The fourth-order valence-corrected chi connectivity index (χ4v) is 4.69. The van der Waals surface area contributed by atoms with Gasteiger partial charge in [-0.1, -0.05) is 69.2 Å². The van der Waals surface area contributed by atoms with Gasteiger partial charge in [0.2, 0.25) is 11.8 Å². The molecule has 1 saturated heterocycles. The van der Waals surface area contributed by atoms with Crippen LogP contribution in [-0.4, -0.2) is 50.8 Å². The van der Waals surface area contributed by atoms with Gasteiger partial charge in [-0.2, -0.15) is 0 Å². The van der Waals surface area contributed by atoms with Crippen molar-refractivity contribution in [1.82, 2.24) is 20.5 Å². The van der Waals surface area contributed by atoms with E-state index in [1.807, 2.05) is 71.9 Å². The van der Waals surface area contributed by atoms with E-state index >= 15 is 0 Å². The maximum Gasteiger partial charge on any atom is 0.243 e. The third-order valence-electron chi connectivity index (χ3n) is 6.88. The van der Waals surface area contributed by atoms with E-state index in [0.717, 1.165) is 28.1 Å². The van der Waals surface area contributed by atoms with Crippen LogP contribution in [0, 0.1) is 12.8 Å². The minimum absolute atomic E-state index is 0.0812. The summed E-state index contributed by atoms with van der Waals surface area (Å²) in [6.07, 6.45) is 1.03. The second-order valence-electron chi connectivity index (χ2n) is 11.2. The molecule has 9 heteroatoms. The lowest BCUT2D eigenvalue weighted by molar-refractivity contribution is -0.141. The molecule has 0 bridgehead atoms. The highest BCUT2D eigenvalue weighted by Crippen LogP contribution is 2.33. The zero-order valence-electron chi connectivity index (χ0n) is 22.3. The van der Waals surface area contributed by atoms with Gasteiger partial charge < -0.3 is 24.4 Å². The van der Waals surface area contributed by atoms with Gasteiger partial charge in [0, 0.05) is 36.6 Å². The number of aliphatic hydroxyl groups excluding tert-OH is 1. The highest BCUT2D eigenvalue weighted by atomic mass is 16.5. The van der Waals surface area contributed by atoms with Crippen LogP contribution in [0.4, 0.5) is 0 Å². The van der Waals surface area contributed by atoms with Gasteiger partial charge in [-0.05, 0) is 24.0 Å². The second kappa shape index (κ2) is 10.5. The molecule has 2 amide bonds. The smallest absolute Gasteiger partial charge is 0.243 e. The fourth-order valence-electron chi connectivity index (χ4n) is 4.69. The fraction of sp³-hybridized carbons (Fsp3) is 0.500. The predicted octanol–water partition coefficient (Wildman–Crippen LogP) is 3.95. The molecule has 0 radical (unpaired) electrons. The number of likely N-dealkylation sites (tertiary alicyclic amines) is 1. The zero-order valence-corrected chi connectivity index (χ0v) is 22.3. The standard InChI is InChI=1S/C28H36N4O5/c1-16(2)25(23-12-24(31-37-23)28(4,5)6)27(35)32-14-20(33)11-22(32)26(34)29-13-18-7-9-19(10-8-18)21-15-36-30-17(21)3/h7-10,12,15-16,20,22,25,33H,11,13-14H2,1-6H3,(H,29,34)/t20-,22+,25-/m1/s1. The monoisotopic (exact) mass is 508 g/mol. The molecule has 37 heavy (non-hydrogen) atoms. The second-order valence-corrected chi connectivity index (χ2v) is 11.2. The van der Waals surface area contributed by atoms with Gasteiger partial charge >= 0.3 is 0 Å². The highest BCUT2D eigenvalue weighted by molar-refractivity contribution is 5.91. The molecule has 198 valence electrons. The summed E-state index contributed by atoms with van der Waals surface area (Å²) in [5.74, 6) is -0.732. The van der Waals surface area contributed by atoms with Crippen LogP contribution in [0.15, 0.2) is 45.6 Å². The number of amides is 2. The van der Waals surface area contributed by atoms with Crippen LogP contribution < -0.4 is 5.32 Å². The molecule has 0 unspecified atom stereocenters. The lowest BCUT2D eigenvalue weighted by atomic mass is 9.88. The van der Waals surface area contributed by atoms with Gasteiger partial charge in [-0.15, -0.1) is 0 Å². The summed E-state index contributed by atoms with van der Waals surface area (Å²) in [6.45, 7) is 12.3. The van der Waals surface area contributed by atoms with Gasteiger partial charge in [0.15, 0.2) is 0 Å². The Hall–Kier alpha value is -3.46. The van der Waals surface area contributed by atoms with Crippen molar-refractivity contribution in [3.8, 4) is 11.1 Å². The van der Waals surface area contributed by atoms with Crippen LogP contribution in [-0.2, 0) is 21.5 Å². The lowest BCUT2D eigenvalue weighted by Crippen LogP contribution is -2.48. The van der Waals surface area contributed by atoms with Crippen molar-refractivity contribution in [2.45, 2.75) is 78.0 Å². The van der Waals surface area contributed by atoms with E-state index < -0.39 is 18.1 Å². The zero-order chi connectivity index (χ0) is 26.9. The molecule has 3 atom stereocenters. The van der Waals surface area contributed by atoms with E-state index in [1.54, 1.807) is 6.26 Å². The molecule has 0 saturated carbocycles. The minimum atomic E-state index is -0.765. The Bertz CT molecular complexity index is 1240. The maximum absolute atomic E-state index is 13.7. The number of carbonyl (C=O) groups excluding carboxylic acids is 2. The van der Waals surface area contributed by atoms with E-state index in [-0.39, 0.29) is 36.1 Å². The van der Waals surface area contributed by atoms with Crippen molar-refractivity contribution >= 4 is 11.8 Å². The number of β-amino-alcohol motifs (C(OH)–C–C–N with tert-alkyl or cyclic N) is 1. The largest absolute Gasteiger partial charge is 0.391 e. The van der Waals surface area contributed by atoms with Crippen LogP contribution in [0.2, 0.25) is 0 Å². The van der Waals surface area contributed by atoms with E-state index in [1.165, 1.54) is 4.90 Å². The Balaban J connectivity index is 1.45. The van der Waals surface area contributed by atoms with Crippen molar-refractivity contribution in [2.24, 2.45) is 5.92 Å². The molecule has 3 aromatic rings. The first kappa shape index (κ1) is 26.6. The molecule has 9 nitrogen and oxygen atoms in total. The Morgan fingerprint density at radius 1 is 1.19 bits per heavy atom. The van der Waals surface area contributed by atoms with Crippen LogP contribution in [0.1, 0.15) is 69.7 Å². The van der Waals surface area contributed by atoms with Crippen molar-refractivity contribution in [2.75, 3.05) is 6.54 Å². The molecule has 2 N–H and O–H groups in total. The topological polar surface area (TPSA) is 122 Å². The van der Waals surface area contributed by atoms with Gasteiger partial charge in [0.25, 0.3) is 0 Å². The molecule has 1 aliphatic rings. The van der Waals surface area contributed by atoms with Crippen molar-refractivity contribution in [1.29, 1.82) is 0 Å². The summed E-state index contributed by atoms with van der Waals surface area (Å²) in [6, 6.07) is 8.83. The third-order valence-corrected chi connectivity index (χ3v) is 6.88. The number of rotatable bonds is 7. The molecular weight excluding hydrogens is 472 g/mol. The molecular formula is C28H36N4O5. The summed E-state index contributed by atoms with van der Waals surface area (Å²) in [5, 5.41) is 21.4. The molecule has 0 spiro atoms. The summed E-state index contributed by atoms with van der Waals surface area (Å²) in [5.41, 5.74) is 4.17. The molecule has 4 rings (SSSR count). The SMILES string of the molecule is Cc1nocc1-c1ccc(CNC(=O)[C@@H]2C[C@@H](O)CN2C(=O)[C@@H](c2cc(C(C)(C)C)no2)C(C)C)cc1. The van der Waals surface area contributed by atoms with Crippen molar-refractivity contribution < 1.29 is 23.7 Å². The molecule has 1 fully saturated rings. The highest BCUT2D eigenvalue weighted by Gasteiger charge is 2.43. The van der Waals surface area contributed by atoms with Gasteiger partial charge in [0.1, 0.15) is 24.0 Å². The normalized spacial score (nSPS) is 18.9. The van der Waals surface area contributed by atoms with Crippen LogP contribution in [0.25, 0.3) is 11.1 Å². The van der Waals surface area contributed by atoms with Gasteiger partial charge in [-0.25, -0.2) is 0 Å². The Morgan fingerprint density at radius 2 is 1.89 bits per heavy atom.